The van der Waals surface area contributed by atoms with E-state index in [1.54, 1.807) is 18.2 Å². The zero-order valence-electron chi connectivity index (χ0n) is 15.7. The first kappa shape index (κ1) is 22.9. The molecular formula is C21H14Br2ClN3O4. The van der Waals surface area contributed by atoms with Crippen LogP contribution in [0.1, 0.15) is 21.5 Å². The molecule has 0 unspecified atom stereocenters. The smallest absolute Gasteiger partial charge is 0.271 e. The molecule has 0 spiro atoms. The molecule has 0 aromatic heterocycles. The molecule has 0 heterocycles. The van der Waals surface area contributed by atoms with Crippen molar-refractivity contribution in [2.75, 3.05) is 0 Å². The maximum atomic E-state index is 12.1. The summed E-state index contributed by atoms with van der Waals surface area (Å²) in [5.74, 6) is 0.121. The highest BCUT2D eigenvalue weighted by molar-refractivity contribution is 9.11. The van der Waals surface area contributed by atoms with Crippen LogP contribution in [0.4, 0.5) is 5.69 Å². The number of rotatable bonds is 7. The van der Waals surface area contributed by atoms with E-state index in [2.05, 4.69) is 42.4 Å². The Labute approximate surface area is 199 Å². The number of halogens is 3. The monoisotopic (exact) mass is 565 g/mol. The summed E-state index contributed by atoms with van der Waals surface area (Å²) in [4.78, 5) is 22.3. The van der Waals surface area contributed by atoms with Crippen molar-refractivity contribution in [2.45, 2.75) is 6.61 Å². The fourth-order valence-electron chi connectivity index (χ4n) is 2.52. The summed E-state index contributed by atoms with van der Waals surface area (Å²) in [6, 6.07) is 16.2. The van der Waals surface area contributed by atoms with Gasteiger partial charge in [-0.15, -0.1) is 0 Å². The lowest BCUT2D eigenvalue weighted by Crippen LogP contribution is -2.17. The minimum atomic E-state index is -0.530. The lowest BCUT2D eigenvalue weighted by Gasteiger charge is -2.12. The van der Waals surface area contributed by atoms with Gasteiger partial charge in [-0.2, -0.15) is 5.10 Å². The second kappa shape index (κ2) is 10.5. The van der Waals surface area contributed by atoms with Crippen LogP contribution in [0.2, 0.25) is 5.02 Å². The third kappa shape index (κ3) is 6.13. The lowest BCUT2D eigenvalue weighted by molar-refractivity contribution is -0.384. The van der Waals surface area contributed by atoms with Crippen LogP contribution in [0, 0.1) is 10.1 Å². The molecule has 1 amide bonds. The molecule has 0 radical (unpaired) electrons. The quantitative estimate of drug-likeness (QED) is 0.212. The van der Waals surface area contributed by atoms with Gasteiger partial charge in [0.25, 0.3) is 11.6 Å². The van der Waals surface area contributed by atoms with Crippen molar-refractivity contribution >= 4 is 61.3 Å². The van der Waals surface area contributed by atoms with Gasteiger partial charge < -0.3 is 4.74 Å². The first-order valence-electron chi connectivity index (χ1n) is 8.78. The normalized spacial score (nSPS) is 10.8. The van der Waals surface area contributed by atoms with Crippen LogP contribution in [0.5, 0.6) is 5.75 Å². The average Bonchev–Trinajstić information content (AvgIpc) is 2.74. The molecule has 0 saturated heterocycles. The number of nitro benzene ring substituents is 1. The Morgan fingerprint density at radius 3 is 2.39 bits per heavy atom. The number of nitrogens with zero attached hydrogens (tertiary/aromatic N) is 2. The Hall–Kier alpha value is -2.75. The van der Waals surface area contributed by atoms with Crippen molar-refractivity contribution in [3.63, 3.8) is 0 Å². The molecule has 0 aliphatic rings. The van der Waals surface area contributed by atoms with Crippen LogP contribution in [0.15, 0.2) is 74.7 Å². The number of ether oxygens (including phenoxy) is 1. The standard InChI is InChI=1S/C21H14Br2ClN3O4/c22-17-9-13(10-18(23)20(17)31-12-15-3-1-2-4-19(15)24)11-25-26-21(28)14-5-7-16(8-6-14)27(29)30/h1-11H,12H2,(H,26,28)/b25-11+. The van der Waals surface area contributed by atoms with Gasteiger partial charge in [0.05, 0.1) is 20.1 Å². The average molecular weight is 568 g/mol. The maximum absolute atomic E-state index is 12.1. The first-order chi connectivity index (χ1) is 14.8. The van der Waals surface area contributed by atoms with Gasteiger partial charge in [-0.25, -0.2) is 5.43 Å². The number of nitrogens with one attached hydrogen (secondary N) is 1. The largest absolute Gasteiger partial charge is 0.486 e. The van der Waals surface area contributed by atoms with Gasteiger partial charge in [0.15, 0.2) is 0 Å². The Balaban J connectivity index is 1.64. The summed E-state index contributed by atoms with van der Waals surface area (Å²) in [6.07, 6.45) is 1.47. The topological polar surface area (TPSA) is 93.8 Å². The van der Waals surface area contributed by atoms with Gasteiger partial charge >= 0.3 is 0 Å². The van der Waals surface area contributed by atoms with E-state index in [1.165, 1.54) is 30.5 Å². The molecule has 1 N–H and O–H groups in total. The summed E-state index contributed by atoms with van der Waals surface area (Å²) in [6.45, 7) is 0.301. The van der Waals surface area contributed by atoms with Crippen molar-refractivity contribution in [1.29, 1.82) is 0 Å². The highest BCUT2D eigenvalue weighted by Crippen LogP contribution is 2.35. The predicted octanol–water partition coefficient (Wildman–Crippen LogP) is 6.12. The second-order valence-corrected chi connectivity index (χ2v) is 8.31. The molecule has 7 nitrogen and oxygen atoms in total. The number of hydrogen-bond donors (Lipinski definition) is 1. The number of hydrogen-bond acceptors (Lipinski definition) is 5. The van der Waals surface area contributed by atoms with Crippen LogP contribution in [-0.2, 0) is 6.61 Å². The van der Waals surface area contributed by atoms with Crippen LogP contribution in [-0.4, -0.2) is 17.0 Å². The molecule has 3 aromatic rings. The van der Waals surface area contributed by atoms with Gasteiger partial charge in [0.2, 0.25) is 0 Å². The van der Waals surface area contributed by atoms with Gasteiger partial charge in [0.1, 0.15) is 12.4 Å². The van der Waals surface area contributed by atoms with Crippen molar-refractivity contribution in [3.8, 4) is 5.75 Å². The first-order valence-corrected chi connectivity index (χ1v) is 10.7. The van der Waals surface area contributed by atoms with E-state index >= 15 is 0 Å². The molecule has 0 aliphatic heterocycles. The maximum Gasteiger partial charge on any atom is 0.271 e. The fraction of sp³-hybridized carbons (Fsp3) is 0.0476. The number of non-ortho nitro benzene ring substituents is 1. The summed E-state index contributed by atoms with van der Waals surface area (Å²) >= 11 is 13.1. The Bertz CT molecular complexity index is 1130. The van der Waals surface area contributed by atoms with E-state index in [1.807, 2.05) is 18.2 Å². The van der Waals surface area contributed by atoms with Crippen molar-refractivity contribution < 1.29 is 14.5 Å². The van der Waals surface area contributed by atoms with E-state index < -0.39 is 10.8 Å². The van der Waals surface area contributed by atoms with Gasteiger partial charge in [-0.1, -0.05) is 29.8 Å². The fourth-order valence-corrected chi connectivity index (χ4v) is 4.16. The van der Waals surface area contributed by atoms with Gasteiger partial charge in [0, 0.05) is 28.3 Å². The van der Waals surface area contributed by atoms with Crippen LogP contribution in [0.25, 0.3) is 0 Å². The van der Waals surface area contributed by atoms with E-state index in [-0.39, 0.29) is 11.3 Å². The molecular weight excluding hydrogens is 554 g/mol. The van der Waals surface area contributed by atoms with E-state index in [4.69, 9.17) is 16.3 Å². The zero-order valence-corrected chi connectivity index (χ0v) is 19.6. The molecule has 0 fully saturated rings. The SMILES string of the molecule is O=C(N/N=C/c1cc(Br)c(OCc2ccccc2Cl)c(Br)c1)c1ccc([N+](=O)[O-])cc1. The number of hydrazone groups is 1. The Morgan fingerprint density at radius 2 is 1.77 bits per heavy atom. The highest BCUT2D eigenvalue weighted by atomic mass is 79.9. The molecule has 0 bridgehead atoms. The minimum Gasteiger partial charge on any atom is -0.486 e. The second-order valence-electron chi connectivity index (χ2n) is 6.20. The molecule has 3 aromatic carbocycles. The Morgan fingerprint density at radius 1 is 1.13 bits per heavy atom. The summed E-state index contributed by atoms with van der Waals surface area (Å²) < 4.78 is 7.26. The third-order valence-electron chi connectivity index (χ3n) is 4.07. The van der Waals surface area contributed by atoms with Crippen LogP contribution < -0.4 is 10.2 Å². The van der Waals surface area contributed by atoms with Crippen molar-refractivity contribution in [2.24, 2.45) is 5.10 Å². The molecule has 31 heavy (non-hydrogen) atoms. The Kier molecular flexibility index (Phi) is 7.78. The lowest BCUT2D eigenvalue weighted by atomic mass is 10.2. The summed E-state index contributed by atoms with van der Waals surface area (Å²) in [5.41, 5.74) is 4.12. The van der Waals surface area contributed by atoms with Gasteiger partial charge in [-0.3, -0.25) is 14.9 Å². The summed E-state index contributed by atoms with van der Waals surface area (Å²) in [5, 5.41) is 15.2. The third-order valence-corrected chi connectivity index (χ3v) is 5.62. The van der Waals surface area contributed by atoms with E-state index in [9.17, 15) is 14.9 Å². The molecule has 3 rings (SSSR count). The van der Waals surface area contributed by atoms with Gasteiger partial charge in [-0.05, 0) is 67.8 Å². The van der Waals surface area contributed by atoms with E-state index in [0.717, 1.165) is 5.56 Å². The molecule has 0 saturated carbocycles. The zero-order chi connectivity index (χ0) is 22.4. The van der Waals surface area contributed by atoms with Crippen LogP contribution in [0.3, 0.4) is 0 Å². The minimum absolute atomic E-state index is 0.0911. The summed E-state index contributed by atoms with van der Waals surface area (Å²) in [7, 11) is 0. The molecule has 0 aliphatic carbocycles. The van der Waals surface area contributed by atoms with E-state index in [0.29, 0.717) is 31.9 Å². The number of nitro groups is 1. The van der Waals surface area contributed by atoms with Crippen LogP contribution >= 0.6 is 43.5 Å². The number of carbonyl (C=O) groups excluding carboxylic acids is 1. The number of amides is 1. The van der Waals surface area contributed by atoms with Crippen molar-refractivity contribution in [3.05, 3.63) is 101 Å². The molecule has 158 valence electrons. The molecule has 10 heteroatoms. The number of carbonyl (C=O) groups is 1. The highest BCUT2D eigenvalue weighted by Gasteiger charge is 2.11. The number of benzene rings is 3. The van der Waals surface area contributed by atoms with Crippen molar-refractivity contribution in [1.82, 2.24) is 5.43 Å². The predicted molar refractivity (Wildman–Crippen MR) is 126 cm³/mol. The molecule has 0 atom stereocenters.